The molecule has 19 heavy (non-hydrogen) atoms. The van der Waals surface area contributed by atoms with Gasteiger partial charge in [-0.15, -0.1) is 0 Å². The minimum Gasteiger partial charge on any atom is -0.305 e. The van der Waals surface area contributed by atoms with E-state index in [2.05, 4.69) is 15.9 Å². The predicted octanol–water partition coefficient (Wildman–Crippen LogP) is 2.71. The molecule has 0 aliphatic rings. The highest BCUT2D eigenvalue weighted by Gasteiger charge is 2.13. The van der Waals surface area contributed by atoms with E-state index < -0.39 is 22.0 Å². The molecule has 7 heteroatoms. The van der Waals surface area contributed by atoms with Crippen molar-refractivity contribution in [2.24, 2.45) is 0 Å². The second-order valence-electron chi connectivity index (χ2n) is 3.83. The average molecular weight is 327 g/mol. The van der Waals surface area contributed by atoms with Crippen molar-refractivity contribution in [3.8, 4) is 0 Å². The molecule has 0 unspecified atom stereocenters. The Bertz CT molecular complexity index is 700. The third-order valence-electron chi connectivity index (χ3n) is 2.53. The van der Waals surface area contributed by atoms with Gasteiger partial charge in [0.05, 0.1) is 15.9 Å². The average Bonchev–Trinajstić information content (AvgIpc) is 2.36. The lowest BCUT2D eigenvalue weighted by molar-refractivity contribution is -0.386. The monoisotopic (exact) mass is 326 g/mol. The molecule has 0 saturated carbocycles. The zero-order chi connectivity index (χ0) is 14.0. The Morgan fingerprint density at radius 1 is 1.37 bits per heavy atom. The fourth-order valence-electron chi connectivity index (χ4n) is 1.62. The van der Waals surface area contributed by atoms with Gasteiger partial charge in [0.2, 0.25) is 0 Å². The number of pyridine rings is 1. The topological polar surface area (TPSA) is 65.1 Å². The number of nitro groups is 1. The van der Waals surface area contributed by atoms with Gasteiger partial charge >= 0.3 is 11.2 Å². The second kappa shape index (κ2) is 5.31. The van der Waals surface area contributed by atoms with Crippen LogP contribution in [-0.2, 0) is 6.54 Å². The Hall–Kier alpha value is -2.02. The van der Waals surface area contributed by atoms with Gasteiger partial charge in [-0.05, 0) is 39.7 Å². The van der Waals surface area contributed by atoms with E-state index in [1.807, 2.05) is 0 Å². The van der Waals surface area contributed by atoms with Crippen LogP contribution < -0.4 is 5.56 Å². The van der Waals surface area contributed by atoms with Crippen LogP contribution in [0.3, 0.4) is 0 Å². The summed E-state index contributed by atoms with van der Waals surface area (Å²) in [5.74, 6) is -0.448. The molecule has 1 heterocycles. The van der Waals surface area contributed by atoms with Crippen molar-refractivity contribution in [3.05, 3.63) is 72.9 Å². The summed E-state index contributed by atoms with van der Waals surface area (Å²) in [6.07, 6.45) is 1.43. The van der Waals surface area contributed by atoms with Crippen LogP contribution in [0.4, 0.5) is 10.1 Å². The summed E-state index contributed by atoms with van der Waals surface area (Å²) in [5, 5.41) is 10.7. The molecular weight excluding hydrogens is 319 g/mol. The third-order valence-corrected chi connectivity index (χ3v) is 3.18. The van der Waals surface area contributed by atoms with Crippen molar-refractivity contribution in [3.63, 3.8) is 0 Å². The van der Waals surface area contributed by atoms with Crippen LogP contribution in [0, 0.1) is 15.9 Å². The lowest BCUT2D eigenvalue weighted by Gasteiger charge is -2.06. The Kier molecular flexibility index (Phi) is 3.75. The van der Waals surface area contributed by atoms with Crippen LogP contribution in [0.1, 0.15) is 5.56 Å². The maximum absolute atomic E-state index is 13.3. The van der Waals surface area contributed by atoms with Crippen molar-refractivity contribution in [2.75, 3.05) is 0 Å². The van der Waals surface area contributed by atoms with Gasteiger partial charge in [-0.3, -0.25) is 14.9 Å². The molecule has 0 spiro atoms. The van der Waals surface area contributed by atoms with Crippen LogP contribution in [0.2, 0.25) is 0 Å². The number of aromatic nitrogens is 1. The van der Waals surface area contributed by atoms with Gasteiger partial charge in [-0.2, -0.15) is 0 Å². The Morgan fingerprint density at radius 3 is 2.74 bits per heavy atom. The van der Waals surface area contributed by atoms with Crippen molar-refractivity contribution in [1.29, 1.82) is 0 Å². The fourth-order valence-corrected chi connectivity index (χ4v) is 1.87. The summed E-state index contributed by atoms with van der Waals surface area (Å²) < 4.78 is 14.8. The predicted molar refractivity (Wildman–Crippen MR) is 70.6 cm³/mol. The van der Waals surface area contributed by atoms with Crippen molar-refractivity contribution in [1.82, 2.24) is 4.57 Å². The molecule has 98 valence electrons. The number of hydrogen-bond acceptors (Lipinski definition) is 3. The third kappa shape index (κ3) is 2.87. The summed E-state index contributed by atoms with van der Waals surface area (Å²) in [6.45, 7) is 0.0741. The first-order chi connectivity index (χ1) is 8.99. The van der Waals surface area contributed by atoms with Gasteiger partial charge in [0.15, 0.2) is 0 Å². The molecule has 0 aliphatic carbocycles. The summed E-state index contributed by atoms with van der Waals surface area (Å²) in [4.78, 5) is 21.7. The van der Waals surface area contributed by atoms with Crippen LogP contribution in [0.25, 0.3) is 0 Å². The summed E-state index contributed by atoms with van der Waals surface area (Å²) in [7, 11) is 0. The fraction of sp³-hybridized carbons (Fsp3) is 0.0833. The molecule has 2 rings (SSSR count). The van der Waals surface area contributed by atoms with E-state index in [-0.39, 0.29) is 6.54 Å². The number of nitrogens with zero attached hydrogens (tertiary/aromatic N) is 2. The second-order valence-corrected chi connectivity index (χ2v) is 4.69. The Morgan fingerprint density at radius 2 is 2.11 bits per heavy atom. The molecule has 0 aliphatic heterocycles. The molecule has 0 radical (unpaired) electrons. The van der Waals surface area contributed by atoms with E-state index in [4.69, 9.17) is 0 Å². The largest absolute Gasteiger partial charge is 0.334 e. The van der Waals surface area contributed by atoms with Gasteiger partial charge in [-0.1, -0.05) is 6.07 Å². The van der Waals surface area contributed by atoms with Gasteiger partial charge in [0.25, 0.3) is 0 Å². The highest BCUT2D eigenvalue weighted by molar-refractivity contribution is 9.10. The molecule has 1 aromatic heterocycles. The maximum atomic E-state index is 13.3. The van der Waals surface area contributed by atoms with Crippen LogP contribution in [-0.4, -0.2) is 9.49 Å². The lowest BCUT2D eigenvalue weighted by atomic mass is 10.2. The highest BCUT2D eigenvalue weighted by atomic mass is 79.9. The molecule has 1 aromatic carbocycles. The zero-order valence-corrected chi connectivity index (χ0v) is 11.1. The maximum Gasteiger partial charge on any atom is 0.334 e. The molecule has 0 bridgehead atoms. The van der Waals surface area contributed by atoms with Gasteiger partial charge in [0, 0.05) is 12.3 Å². The first kappa shape index (κ1) is 13.4. The number of rotatable bonds is 3. The smallest absolute Gasteiger partial charge is 0.305 e. The quantitative estimate of drug-likeness (QED) is 0.643. The molecule has 5 nitrogen and oxygen atoms in total. The van der Waals surface area contributed by atoms with E-state index in [0.29, 0.717) is 10.0 Å². The first-order valence-corrected chi connectivity index (χ1v) is 6.06. The number of benzene rings is 1. The van der Waals surface area contributed by atoms with Crippen molar-refractivity contribution < 1.29 is 9.31 Å². The van der Waals surface area contributed by atoms with E-state index >= 15 is 0 Å². The van der Waals surface area contributed by atoms with Crippen LogP contribution in [0.15, 0.2) is 45.8 Å². The van der Waals surface area contributed by atoms with E-state index in [1.165, 1.54) is 29.0 Å². The minimum absolute atomic E-state index is 0.0741. The molecule has 0 fully saturated rings. The van der Waals surface area contributed by atoms with Crippen molar-refractivity contribution in [2.45, 2.75) is 6.54 Å². The first-order valence-electron chi connectivity index (χ1n) is 5.27. The van der Waals surface area contributed by atoms with Crippen molar-refractivity contribution >= 4 is 21.6 Å². The number of halogens is 2. The normalized spacial score (nSPS) is 10.4. The lowest BCUT2D eigenvalue weighted by Crippen LogP contribution is -2.22. The van der Waals surface area contributed by atoms with Gasteiger partial charge in [0.1, 0.15) is 5.82 Å². The molecule has 0 saturated heterocycles. The van der Waals surface area contributed by atoms with Crippen LogP contribution >= 0.6 is 15.9 Å². The zero-order valence-electron chi connectivity index (χ0n) is 9.55. The summed E-state index contributed by atoms with van der Waals surface area (Å²) in [6, 6.07) is 6.98. The van der Waals surface area contributed by atoms with Crippen LogP contribution in [0.5, 0.6) is 0 Å². The summed E-state index contributed by atoms with van der Waals surface area (Å²) >= 11 is 3.03. The molecule has 0 N–H and O–H groups in total. The Labute approximate surface area is 115 Å². The Balaban J connectivity index is 2.38. The highest BCUT2D eigenvalue weighted by Crippen LogP contribution is 2.16. The molecular formula is C12H8BrFN2O3. The van der Waals surface area contributed by atoms with E-state index in [1.54, 1.807) is 6.07 Å². The SMILES string of the molecule is O=c1c([N+](=O)[O-])cccn1Cc1ccc(Br)c(F)c1. The summed E-state index contributed by atoms with van der Waals surface area (Å²) in [5.41, 5.74) is -0.667. The minimum atomic E-state index is -0.735. The van der Waals surface area contributed by atoms with E-state index in [9.17, 15) is 19.3 Å². The van der Waals surface area contributed by atoms with Gasteiger partial charge in [-0.25, -0.2) is 4.39 Å². The molecule has 0 amide bonds. The van der Waals surface area contributed by atoms with E-state index in [0.717, 1.165) is 6.07 Å². The van der Waals surface area contributed by atoms with Gasteiger partial charge < -0.3 is 4.57 Å². The molecule has 2 aromatic rings. The number of hydrogen-bond donors (Lipinski definition) is 0. The molecule has 0 atom stereocenters. The standard InChI is InChI=1S/C12H8BrFN2O3/c13-9-4-3-8(6-10(9)14)7-15-5-1-2-11(12(15)17)16(18)19/h1-6H,7H2.